The maximum absolute atomic E-state index is 12.0. The van der Waals surface area contributed by atoms with E-state index in [4.69, 9.17) is 4.42 Å². The summed E-state index contributed by atoms with van der Waals surface area (Å²) < 4.78 is 6.47. The van der Waals surface area contributed by atoms with Crippen LogP contribution in [0.15, 0.2) is 51.4 Å². The topological polar surface area (TPSA) is 120 Å². The number of nitrogens with zero attached hydrogens (tertiary/aromatic N) is 3. The lowest BCUT2D eigenvalue weighted by molar-refractivity contribution is -0.386. The number of furan rings is 1. The van der Waals surface area contributed by atoms with Crippen molar-refractivity contribution in [3.63, 3.8) is 0 Å². The lowest BCUT2D eigenvalue weighted by Crippen LogP contribution is -2.20. The highest BCUT2D eigenvalue weighted by Gasteiger charge is 2.14. The maximum Gasteiger partial charge on any atom is 0.332 e. The zero-order chi connectivity index (χ0) is 17.1. The molecular weight excluding hydrogens is 336 g/mol. The highest BCUT2D eigenvalue weighted by atomic mass is 32.1. The van der Waals surface area contributed by atoms with Crippen LogP contribution in [-0.4, -0.2) is 20.4 Å². The molecule has 0 aliphatic heterocycles. The van der Waals surface area contributed by atoms with Gasteiger partial charge in [-0.25, -0.2) is 4.98 Å². The lowest BCUT2D eigenvalue weighted by atomic mass is 10.4. The van der Waals surface area contributed by atoms with Crippen LogP contribution in [0.2, 0.25) is 0 Å². The van der Waals surface area contributed by atoms with Crippen molar-refractivity contribution < 1.29 is 14.1 Å². The molecule has 0 saturated carbocycles. The Labute approximate surface area is 138 Å². The number of carbonyl (C=O) groups is 1. The summed E-state index contributed by atoms with van der Waals surface area (Å²) in [7, 11) is 0. The van der Waals surface area contributed by atoms with Crippen LogP contribution >= 0.6 is 11.3 Å². The number of carbonyl (C=O) groups excluding carboxylic acids is 1. The number of aromatic nitrogens is 2. The van der Waals surface area contributed by atoms with Crippen molar-refractivity contribution in [2.75, 3.05) is 5.32 Å². The van der Waals surface area contributed by atoms with Gasteiger partial charge in [0.2, 0.25) is 5.91 Å². The molecule has 3 aromatic heterocycles. The first-order valence-electron chi connectivity index (χ1n) is 6.66. The molecule has 3 heterocycles. The monoisotopic (exact) mass is 346 g/mol. The molecule has 24 heavy (non-hydrogen) atoms. The summed E-state index contributed by atoms with van der Waals surface area (Å²) in [6, 6.07) is 4.53. The second-order valence-electron chi connectivity index (χ2n) is 4.69. The Morgan fingerprint density at radius 2 is 2.29 bits per heavy atom. The Morgan fingerprint density at radius 1 is 1.46 bits per heavy atom. The fourth-order valence-corrected chi connectivity index (χ4v) is 2.66. The summed E-state index contributed by atoms with van der Waals surface area (Å²) in [4.78, 5) is 37.5. The molecule has 0 radical (unpaired) electrons. The Hall–Kier alpha value is -3.27. The predicted molar refractivity (Wildman–Crippen MR) is 85.8 cm³/mol. The Bertz CT molecular complexity index is 944. The SMILES string of the molecule is O=C(Cn1ccc(=O)c([N+](=O)[O-])c1)Nc1nc(-c2ccco2)cs1. The summed E-state index contributed by atoms with van der Waals surface area (Å²) in [5.41, 5.74) is -0.696. The molecule has 3 aromatic rings. The van der Waals surface area contributed by atoms with Crippen molar-refractivity contribution in [1.82, 2.24) is 9.55 Å². The summed E-state index contributed by atoms with van der Waals surface area (Å²) in [6.07, 6.45) is 3.86. The van der Waals surface area contributed by atoms with Gasteiger partial charge >= 0.3 is 5.69 Å². The second kappa shape index (κ2) is 6.46. The molecule has 0 bridgehead atoms. The molecule has 9 nitrogen and oxygen atoms in total. The van der Waals surface area contributed by atoms with E-state index in [1.54, 1.807) is 17.5 Å². The van der Waals surface area contributed by atoms with E-state index in [1.807, 2.05) is 0 Å². The Kier molecular flexibility index (Phi) is 4.20. The fraction of sp³-hybridized carbons (Fsp3) is 0.0714. The molecule has 3 rings (SSSR count). The van der Waals surface area contributed by atoms with E-state index in [1.165, 1.54) is 28.4 Å². The number of pyridine rings is 1. The van der Waals surface area contributed by atoms with Gasteiger partial charge in [-0.3, -0.25) is 19.7 Å². The van der Waals surface area contributed by atoms with Crippen LogP contribution in [0.1, 0.15) is 0 Å². The number of rotatable bonds is 5. The van der Waals surface area contributed by atoms with Gasteiger partial charge in [-0.1, -0.05) is 0 Å². The van der Waals surface area contributed by atoms with Crippen molar-refractivity contribution >= 4 is 28.1 Å². The summed E-state index contributed by atoms with van der Waals surface area (Å²) in [5, 5.41) is 15.4. The van der Waals surface area contributed by atoms with Crippen LogP contribution in [0.25, 0.3) is 11.5 Å². The van der Waals surface area contributed by atoms with Crippen LogP contribution in [0.5, 0.6) is 0 Å². The van der Waals surface area contributed by atoms with E-state index >= 15 is 0 Å². The van der Waals surface area contributed by atoms with E-state index in [2.05, 4.69) is 10.3 Å². The molecule has 0 saturated heterocycles. The van der Waals surface area contributed by atoms with Crippen molar-refractivity contribution in [3.05, 3.63) is 62.6 Å². The number of nitrogens with one attached hydrogen (secondary N) is 1. The van der Waals surface area contributed by atoms with Gasteiger partial charge in [0.25, 0.3) is 5.43 Å². The number of anilines is 1. The first-order valence-corrected chi connectivity index (χ1v) is 7.54. The number of amides is 1. The number of thiazole rings is 1. The second-order valence-corrected chi connectivity index (χ2v) is 5.55. The predicted octanol–water partition coefficient (Wildman–Crippen LogP) is 2.11. The molecule has 0 aliphatic carbocycles. The maximum atomic E-state index is 12.0. The first kappa shape index (κ1) is 15.6. The Balaban J connectivity index is 1.69. The third kappa shape index (κ3) is 3.38. The van der Waals surface area contributed by atoms with Gasteiger partial charge in [-0.2, -0.15) is 0 Å². The number of hydrogen-bond acceptors (Lipinski definition) is 7. The number of hydrogen-bond donors (Lipinski definition) is 1. The Morgan fingerprint density at radius 3 is 3.00 bits per heavy atom. The minimum atomic E-state index is -0.785. The molecule has 1 N–H and O–H groups in total. The zero-order valence-corrected chi connectivity index (χ0v) is 12.9. The molecule has 0 fully saturated rings. The number of nitro groups is 1. The molecule has 0 unspecified atom stereocenters. The van der Waals surface area contributed by atoms with Crippen molar-refractivity contribution in [3.8, 4) is 11.5 Å². The van der Waals surface area contributed by atoms with Gasteiger partial charge in [0, 0.05) is 17.6 Å². The summed E-state index contributed by atoms with van der Waals surface area (Å²) in [6.45, 7) is -0.184. The fourth-order valence-electron chi connectivity index (χ4n) is 1.94. The highest BCUT2D eigenvalue weighted by molar-refractivity contribution is 7.14. The lowest BCUT2D eigenvalue weighted by Gasteiger charge is -2.05. The van der Waals surface area contributed by atoms with Crippen LogP contribution in [0, 0.1) is 10.1 Å². The van der Waals surface area contributed by atoms with Crippen molar-refractivity contribution in [1.29, 1.82) is 0 Å². The molecule has 122 valence electrons. The zero-order valence-electron chi connectivity index (χ0n) is 12.0. The standard InChI is InChI=1S/C14H10N4O5S/c19-11-3-4-17(6-10(11)18(21)22)7-13(20)16-14-15-9(8-24-14)12-2-1-5-23-12/h1-6,8H,7H2,(H,15,16,20). The third-order valence-electron chi connectivity index (χ3n) is 3.00. The van der Waals surface area contributed by atoms with E-state index in [-0.39, 0.29) is 6.54 Å². The molecule has 1 amide bonds. The quantitative estimate of drug-likeness (QED) is 0.558. The average molecular weight is 346 g/mol. The normalized spacial score (nSPS) is 10.5. The van der Waals surface area contributed by atoms with Crippen molar-refractivity contribution in [2.24, 2.45) is 0 Å². The van der Waals surface area contributed by atoms with E-state index < -0.39 is 21.9 Å². The molecule has 0 aromatic carbocycles. The molecule has 0 atom stereocenters. The first-order chi connectivity index (χ1) is 11.5. The third-order valence-corrected chi connectivity index (χ3v) is 3.76. The van der Waals surface area contributed by atoms with Crippen LogP contribution < -0.4 is 10.7 Å². The van der Waals surface area contributed by atoms with Gasteiger partial charge in [-0.15, -0.1) is 11.3 Å². The summed E-state index contributed by atoms with van der Waals surface area (Å²) >= 11 is 1.23. The molecular formula is C14H10N4O5S. The smallest absolute Gasteiger partial charge is 0.332 e. The molecule has 10 heteroatoms. The molecule has 0 spiro atoms. The van der Waals surface area contributed by atoms with E-state index in [9.17, 15) is 19.7 Å². The van der Waals surface area contributed by atoms with Gasteiger partial charge in [0.15, 0.2) is 10.9 Å². The van der Waals surface area contributed by atoms with E-state index in [0.717, 1.165) is 12.3 Å². The average Bonchev–Trinajstić information content (AvgIpc) is 3.19. The van der Waals surface area contributed by atoms with Gasteiger partial charge in [0.1, 0.15) is 12.2 Å². The van der Waals surface area contributed by atoms with Gasteiger partial charge < -0.3 is 14.3 Å². The molecule has 0 aliphatic rings. The van der Waals surface area contributed by atoms with Crippen LogP contribution in [0.4, 0.5) is 10.8 Å². The van der Waals surface area contributed by atoms with Gasteiger partial charge in [0.05, 0.1) is 17.4 Å². The van der Waals surface area contributed by atoms with Crippen LogP contribution in [-0.2, 0) is 11.3 Å². The van der Waals surface area contributed by atoms with Gasteiger partial charge in [-0.05, 0) is 12.1 Å². The van der Waals surface area contributed by atoms with Crippen LogP contribution in [0.3, 0.4) is 0 Å². The van der Waals surface area contributed by atoms with E-state index in [0.29, 0.717) is 16.6 Å². The summed E-state index contributed by atoms with van der Waals surface area (Å²) in [5.74, 6) is 0.163. The highest BCUT2D eigenvalue weighted by Crippen LogP contribution is 2.25. The largest absolute Gasteiger partial charge is 0.463 e. The minimum Gasteiger partial charge on any atom is -0.463 e. The minimum absolute atomic E-state index is 0.184. The van der Waals surface area contributed by atoms with Crippen molar-refractivity contribution in [2.45, 2.75) is 6.54 Å².